The van der Waals surface area contributed by atoms with Crippen molar-refractivity contribution in [3.63, 3.8) is 0 Å². The van der Waals surface area contributed by atoms with E-state index in [1.54, 1.807) is 12.4 Å². The van der Waals surface area contributed by atoms with Crippen molar-refractivity contribution < 1.29 is 4.79 Å². The highest BCUT2D eigenvalue weighted by atomic mass is 16.2. The molecule has 0 aliphatic carbocycles. The van der Waals surface area contributed by atoms with Crippen LogP contribution < -0.4 is 0 Å². The van der Waals surface area contributed by atoms with Crippen LogP contribution >= 0.6 is 0 Å². The molecule has 4 nitrogen and oxygen atoms in total. The number of hydrogen-bond acceptors (Lipinski definition) is 3. The van der Waals surface area contributed by atoms with Gasteiger partial charge in [-0.3, -0.25) is 14.7 Å². The van der Waals surface area contributed by atoms with Crippen molar-refractivity contribution in [3.8, 4) is 0 Å². The third-order valence-electron chi connectivity index (χ3n) is 4.02. The number of rotatable bonds is 2. The van der Waals surface area contributed by atoms with Crippen molar-refractivity contribution in [2.24, 2.45) is 0 Å². The highest BCUT2D eigenvalue weighted by molar-refractivity contribution is 5.94. The highest BCUT2D eigenvalue weighted by Gasteiger charge is 2.31. The lowest BCUT2D eigenvalue weighted by Crippen LogP contribution is -2.37. The van der Waals surface area contributed by atoms with E-state index in [1.165, 1.54) is 25.9 Å². The molecule has 1 aromatic rings. The molecule has 4 heteroatoms. The monoisotopic (exact) mass is 245 g/mol. The van der Waals surface area contributed by atoms with Crippen LogP contribution in [0.2, 0.25) is 0 Å². The molecule has 1 unspecified atom stereocenters. The smallest absolute Gasteiger partial charge is 0.255 e. The lowest BCUT2D eigenvalue weighted by atomic mass is 10.2. The number of nitrogens with zero attached hydrogens (tertiary/aromatic N) is 3. The second kappa shape index (κ2) is 5.06. The van der Waals surface area contributed by atoms with Crippen LogP contribution in [0, 0.1) is 0 Å². The maximum atomic E-state index is 12.3. The maximum absolute atomic E-state index is 12.3. The molecule has 1 atom stereocenters. The summed E-state index contributed by atoms with van der Waals surface area (Å²) in [6.07, 6.45) is 7.10. The molecule has 2 saturated heterocycles. The van der Waals surface area contributed by atoms with Crippen molar-refractivity contribution in [2.45, 2.75) is 25.3 Å². The summed E-state index contributed by atoms with van der Waals surface area (Å²) >= 11 is 0. The van der Waals surface area contributed by atoms with Gasteiger partial charge in [-0.2, -0.15) is 0 Å². The predicted octanol–water partition coefficient (Wildman–Crippen LogP) is 1.39. The predicted molar refractivity (Wildman–Crippen MR) is 69.4 cm³/mol. The zero-order valence-corrected chi connectivity index (χ0v) is 10.6. The average Bonchev–Trinajstić information content (AvgIpc) is 3.09. The number of aromatic nitrogens is 1. The van der Waals surface area contributed by atoms with Crippen LogP contribution in [0.3, 0.4) is 0 Å². The van der Waals surface area contributed by atoms with Gasteiger partial charge in [0.05, 0.1) is 5.56 Å². The van der Waals surface area contributed by atoms with Gasteiger partial charge in [0, 0.05) is 31.5 Å². The molecule has 0 N–H and O–H groups in total. The van der Waals surface area contributed by atoms with Crippen molar-refractivity contribution in [1.82, 2.24) is 14.8 Å². The fourth-order valence-electron chi connectivity index (χ4n) is 3.00. The van der Waals surface area contributed by atoms with Crippen LogP contribution in [-0.2, 0) is 0 Å². The first-order valence-electron chi connectivity index (χ1n) is 6.78. The zero-order chi connectivity index (χ0) is 12.4. The van der Waals surface area contributed by atoms with Gasteiger partial charge in [-0.1, -0.05) is 0 Å². The minimum Gasteiger partial charge on any atom is -0.337 e. The van der Waals surface area contributed by atoms with Gasteiger partial charge in [-0.05, 0) is 44.5 Å². The van der Waals surface area contributed by atoms with Crippen LogP contribution in [0.1, 0.15) is 29.6 Å². The summed E-state index contributed by atoms with van der Waals surface area (Å²) in [5, 5.41) is 0. The number of amides is 1. The summed E-state index contributed by atoms with van der Waals surface area (Å²) in [6, 6.07) is 4.24. The zero-order valence-electron chi connectivity index (χ0n) is 10.6. The normalized spacial score (nSPS) is 24.7. The first-order valence-corrected chi connectivity index (χ1v) is 6.78. The molecule has 2 aliphatic heterocycles. The van der Waals surface area contributed by atoms with E-state index < -0.39 is 0 Å². The van der Waals surface area contributed by atoms with E-state index in [0.717, 1.165) is 19.5 Å². The van der Waals surface area contributed by atoms with Crippen LogP contribution in [0.15, 0.2) is 24.5 Å². The maximum Gasteiger partial charge on any atom is 0.255 e. The van der Waals surface area contributed by atoms with Crippen molar-refractivity contribution in [2.75, 3.05) is 26.2 Å². The van der Waals surface area contributed by atoms with Crippen LogP contribution in [0.5, 0.6) is 0 Å². The number of hydrogen-bond donors (Lipinski definition) is 0. The lowest BCUT2D eigenvalue weighted by molar-refractivity contribution is 0.0779. The van der Waals surface area contributed by atoms with Gasteiger partial charge in [0.2, 0.25) is 0 Å². The average molecular weight is 245 g/mol. The highest BCUT2D eigenvalue weighted by Crippen LogP contribution is 2.21. The molecule has 3 rings (SSSR count). The second-order valence-corrected chi connectivity index (χ2v) is 5.18. The Morgan fingerprint density at radius 3 is 2.83 bits per heavy atom. The Balaban J connectivity index is 1.63. The molecule has 3 heterocycles. The van der Waals surface area contributed by atoms with E-state index in [4.69, 9.17) is 0 Å². The first kappa shape index (κ1) is 11.7. The van der Waals surface area contributed by atoms with Gasteiger partial charge in [0.15, 0.2) is 0 Å². The third-order valence-corrected chi connectivity index (χ3v) is 4.02. The van der Waals surface area contributed by atoms with E-state index in [9.17, 15) is 4.79 Å². The van der Waals surface area contributed by atoms with Crippen molar-refractivity contribution in [3.05, 3.63) is 30.1 Å². The molecular formula is C14H19N3O. The van der Waals surface area contributed by atoms with Gasteiger partial charge in [-0.15, -0.1) is 0 Å². The molecule has 0 saturated carbocycles. The van der Waals surface area contributed by atoms with E-state index in [1.807, 2.05) is 17.0 Å². The summed E-state index contributed by atoms with van der Waals surface area (Å²) in [5.74, 6) is 0.129. The molecule has 96 valence electrons. The Morgan fingerprint density at radius 1 is 1.28 bits per heavy atom. The Bertz CT molecular complexity index is 414. The van der Waals surface area contributed by atoms with E-state index in [2.05, 4.69) is 9.88 Å². The van der Waals surface area contributed by atoms with Gasteiger partial charge < -0.3 is 4.90 Å². The van der Waals surface area contributed by atoms with E-state index >= 15 is 0 Å². The summed E-state index contributed by atoms with van der Waals surface area (Å²) in [7, 11) is 0. The van der Waals surface area contributed by atoms with Crippen LogP contribution in [0.25, 0.3) is 0 Å². The van der Waals surface area contributed by atoms with Gasteiger partial charge >= 0.3 is 0 Å². The number of carbonyl (C=O) groups excluding carboxylic acids is 1. The second-order valence-electron chi connectivity index (χ2n) is 5.18. The molecule has 2 aliphatic rings. The number of pyridine rings is 1. The Labute approximate surface area is 108 Å². The lowest BCUT2D eigenvalue weighted by Gasteiger charge is -2.23. The molecule has 0 spiro atoms. The number of carbonyl (C=O) groups is 1. The van der Waals surface area contributed by atoms with Gasteiger partial charge in [0.25, 0.3) is 5.91 Å². The summed E-state index contributed by atoms with van der Waals surface area (Å²) < 4.78 is 0. The molecule has 2 fully saturated rings. The Hall–Kier alpha value is -1.42. The van der Waals surface area contributed by atoms with E-state index in [-0.39, 0.29) is 5.91 Å². The van der Waals surface area contributed by atoms with Crippen LogP contribution in [0.4, 0.5) is 0 Å². The Morgan fingerprint density at radius 2 is 2.11 bits per heavy atom. The first-order chi connectivity index (χ1) is 8.84. The van der Waals surface area contributed by atoms with Crippen molar-refractivity contribution in [1.29, 1.82) is 0 Å². The molecule has 18 heavy (non-hydrogen) atoms. The van der Waals surface area contributed by atoms with Gasteiger partial charge in [0.1, 0.15) is 0 Å². The SMILES string of the molecule is O=C(c1cccnc1)N1CCC(N2CCCC2)C1. The number of likely N-dealkylation sites (tertiary alicyclic amines) is 2. The minimum absolute atomic E-state index is 0.129. The molecule has 1 amide bonds. The summed E-state index contributed by atoms with van der Waals surface area (Å²) in [5.41, 5.74) is 0.708. The topological polar surface area (TPSA) is 36.4 Å². The third kappa shape index (κ3) is 2.25. The van der Waals surface area contributed by atoms with Gasteiger partial charge in [-0.25, -0.2) is 0 Å². The molecular weight excluding hydrogens is 226 g/mol. The van der Waals surface area contributed by atoms with E-state index in [0.29, 0.717) is 11.6 Å². The molecule has 0 bridgehead atoms. The summed E-state index contributed by atoms with van der Waals surface area (Å²) in [4.78, 5) is 20.8. The Kier molecular flexibility index (Phi) is 3.28. The molecule has 0 radical (unpaired) electrons. The van der Waals surface area contributed by atoms with Crippen molar-refractivity contribution >= 4 is 5.91 Å². The fourth-order valence-corrected chi connectivity index (χ4v) is 3.00. The quantitative estimate of drug-likeness (QED) is 0.790. The standard InChI is InChI=1S/C14H19N3O/c18-14(12-4-3-6-15-10-12)17-9-5-13(11-17)16-7-1-2-8-16/h3-4,6,10,13H,1-2,5,7-9,11H2. The fraction of sp³-hybridized carbons (Fsp3) is 0.571. The summed E-state index contributed by atoms with van der Waals surface area (Å²) in [6.45, 7) is 4.18. The molecule has 0 aromatic carbocycles. The molecule has 1 aromatic heterocycles. The minimum atomic E-state index is 0.129. The van der Waals surface area contributed by atoms with Crippen LogP contribution in [-0.4, -0.2) is 52.9 Å². The largest absolute Gasteiger partial charge is 0.337 e.